The van der Waals surface area contributed by atoms with Crippen molar-refractivity contribution < 1.29 is 29.7 Å². The van der Waals surface area contributed by atoms with E-state index in [4.69, 9.17) is 10.2 Å². The van der Waals surface area contributed by atoms with Crippen molar-refractivity contribution in [1.29, 1.82) is 0 Å². The van der Waals surface area contributed by atoms with E-state index in [1.807, 2.05) is 0 Å². The number of carboxylic acid groups (broad SMARTS) is 1. The van der Waals surface area contributed by atoms with Crippen LogP contribution in [0.15, 0.2) is 0 Å². The molecule has 0 aromatic heterocycles. The van der Waals surface area contributed by atoms with Gasteiger partial charge in [0.25, 0.3) is 0 Å². The van der Waals surface area contributed by atoms with E-state index in [9.17, 15) is 19.5 Å². The third-order valence-electron chi connectivity index (χ3n) is 1.68. The van der Waals surface area contributed by atoms with Crippen molar-refractivity contribution in [2.45, 2.75) is 31.6 Å². The van der Waals surface area contributed by atoms with Gasteiger partial charge >= 0.3 is 5.97 Å². The molecule has 4 N–H and O–H groups in total. The Labute approximate surface area is 85.7 Å². The highest BCUT2D eigenvalue weighted by molar-refractivity contribution is 5.74. The molecule has 0 fully saturated rings. The van der Waals surface area contributed by atoms with E-state index in [0.717, 1.165) is 6.92 Å². The smallest absolute Gasteiger partial charge is 0.306 e. The molecule has 0 spiro atoms. The Kier molecular flexibility index (Phi) is 5.50. The monoisotopic (exact) mass is 219 g/mol. The summed E-state index contributed by atoms with van der Waals surface area (Å²) in [6, 6.07) is -1.31. The standard InChI is InChI=1S/C8H13NO6/c1-4(11)9-8(6(13)3-10)5(12)2-7(14)15/h3,5-6,8,12-13H,2H2,1H3,(H,9,11)(H,14,15). The number of amides is 1. The summed E-state index contributed by atoms with van der Waals surface area (Å²) in [5, 5.41) is 28.9. The normalized spacial score (nSPS) is 16.2. The summed E-state index contributed by atoms with van der Waals surface area (Å²) < 4.78 is 0. The van der Waals surface area contributed by atoms with E-state index in [2.05, 4.69) is 5.32 Å². The van der Waals surface area contributed by atoms with Crippen molar-refractivity contribution in [3.8, 4) is 0 Å². The third-order valence-corrected chi connectivity index (χ3v) is 1.68. The molecule has 0 bridgehead atoms. The van der Waals surface area contributed by atoms with Crippen molar-refractivity contribution in [3.05, 3.63) is 0 Å². The van der Waals surface area contributed by atoms with E-state index in [0.29, 0.717) is 0 Å². The van der Waals surface area contributed by atoms with Gasteiger partial charge in [0.1, 0.15) is 6.10 Å². The van der Waals surface area contributed by atoms with Crippen LogP contribution in [0.5, 0.6) is 0 Å². The number of aliphatic hydroxyl groups is 2. The van der Waals surface area contributed by atoms with Crippen LogP contribution in [0, 0.1) is 0 Å². The topological polar surface area (TPSA) is 124 Å². The molecule has 0 saturated carbocycles. The van der Waals surface area contributed by atoms with E-state index >= 15 is 0 Å². The van der Waals surface area contributed by atoms with Gasteiger partial charge in [-0.05, 0) is 0 Å². The van der Waals surface area contributed by atoms with Crippen LogP contribution in [-0.2, 0) is 14.4 Å². The molecule has 1 amide bonds. The lowest BCUT2D eigenvalue weighted by Gasteiger charge is -2.24. The number of aliphatic carboxylic acids is 1. The zero-order valence-corrected chi connectivity index (χ0v) is 8.08. The van der Waals surface area contributed by atoms with E-state index in [-0.39, 0.29) is 6.29 Å². The SMILES string of the molecule is CC(=O)NC(C(O)C=O)C(O)CC(=O)O. The molecular formula is C8H13NO6. The summed E-state index contributed by atoms with van der Waals surface area (Å²) in [5.41, 5.74) is 0. The van der Waals surface area contributed by atoms with Crippen LogP contribution in [0.1, 0.15) is 13.3 Å². The third kappa shape index (κ3) is 5.08. The molecular weight excluding hydrogens is 206 g/mol. The van der Waals surface area contributed by atoms with Gasteiger partial charge in [-0.2, -0.15) is 0 Å². The fourth-order valence-corrected chi connectivity index (χ4v) is 1.03. The second-order valence-electron chi connectivity index (χ2n) is 3.02. The number of carbonyl (C=O) groups excluding carboxylic acids is 2. The van der Waals surface area contributed by atoms with Gasteiger partial charge in [0, 0.05) is 6.92 Å². The lowest BCUT2D eigenvalue weighted by Crippen LogP contribution is -2.51. The quantitative estimate of drug-likeness (QED) is 0.379. The molecule has 86 valence electrons. The number of hydrogen-bond acceptors (Lipinski definition) is 5. The predicted molar refractivity (Wildman–Crippen MR) is 47.9 cm³/mol. The first-order valence-corrected chi connectivity index (χ1v) is 4.18. The zero-order chi connectivity index (χ0) is 12.0. The Morgan fingerprint density at radius 2 is 1.93 bits per heavy atom. The highest BCUT2D eigenvalue weighted by atomic mass is 16.4. The first kappa shape index (κ1) is 13.5. The molecule has 0 radical (unpaired) electrons. The molecule has 0 aliphatic carbocycles. The van der Waals surface area contributed by atoms with Crippen LogP contribution in [-0.4, -0.2) is 51.7 Å². The van der Waals surface area contributed by atoms with E-state index in [1.165, 1.54) is 0 Å². The van der Waals surface area contributed by atoms with Crippen LogP contribution in [0.25, 0.3) is 0 Å². The molecule has 7 heteroatoms. The van der Waals surface area contributed by atoms with Gasteiger partial charge in [-0.25, -0.2) is 0 Å². The Bertz CT molecular complexity index is 254. The van der Waals surface area contributed by atoms with Crippen molar-refractivity contribution in [3.63, 3.8) is 0 Å². The molecule has 0 aromatic rings. The van der Waals surface area contributed by atoms with Crippen molar-refractivity contribution >= 4 is 18.2 Å². The van der Waals surface area contributed by atoms with Gasteiger partial charge in [-0.3, -0.25) is 9.59 Å². The average molecular weight is 219 g/mol. The number of hydrogen-bond donors (Lipinski definition) is 4. The molecule has 0 aliphatic rings. The molecule has 0 rings (SSSR count). The maximum atomic E-state index is 10.7. The molecule has 0 aliphatic heterocycles. The molecule has 7 nitrogen and oxygen atoms in total. The average Bonchev–Trinajstić information content (AvgIpc) is 2.11. The van der Waals surface area contributed by atoms with Gasteiger partial charge in [0.2, 0.25) is 5.91 Å². The van der Waals surface area contributed by atoms with Crippen LogP contribution in [0.2, 0.25) is 0 Å². The van der Waals surface area contributed by atoms with E-state index < -0.39 is 36.5 Å². The summed E-state index contributed by atoms with van der Waals surface area (Å²) in [4.78, 5) is 31.2. The minimum atomic E-state index is -1.64. The molecule has 15 heavy (non-hydrogen) atoms. The summed E-state index contributed by atoms with van der Waals surface area (Å²) in [6.45, 7) is 1.12. The van der Waals surface area contributed by atoms with Crippen LogP contribution < -0.4 is 5.32 Å². The highest BCUT2D eigenvalue weighted by Gasteiger charge is 2.28. The Hall–Kier alpha value is -1.47. The molecule has 3 atom stereocenters. The van der Waals surface area contributed by atoms with Gasteiger partial charge < -0.3 is 25.4 Å². The van der Waals surface area contributed by atoms with Crippen LogP contribution in [0.3, 0.4) is 0 Å². The summed E-state index contributed by atoms with van der Waals surface area (Å²) in [5.74, 6) is -1.87. The largest absolute Gasteiger partial charge is 0.481 e. The Morgan fingerprint density at radius 1 is 1.40 bits per heavy atom. The van der Waals surface area contributed by atoms with Crippen molar-refractivity contribution in [1.82, 2.24) is 5.32 Å². The summed E-state index contributed by atoms with van der Waals surface area (Å²) >= 11 is 0. The maximum Gasteiger partial charge on any atom is 0.306 e. The minimum absolute atomic E-state index is 0.117. The summed E-state index contributed by atoms with van der Waals surface area (Å²) in [7, 11) is 0. The zero-order valence-electron chi connectivity index (χ0n) is 8.08. The number of aliphatic hydroxyl groups excluding tert-OH is 2. The maximum absolute atomic E-state index is 10.7. The molecule has 0 saturated heterocycles. The number of carbonyl (C=O) groups is 3. The highest BCUT2D eigenvalue weighted by Crippen LogP contribution is 2.03. The minimum Gasteiger partial charge on any atom is -0.481 e. The lowest BCUT2D eigenvalue weighted by molar-refractivity contribution is -0.141. The van der Waals surface area contributed by atoms with Crippen LogP contribution >= 0.6 is 0 Å². The number of rotatable bonds is 6. The predicted octanol–water partition coefficient (Wildman–Crippen LogP) is -2.11. The van der Waals surface area contributed by atoms with Crippen molar-refractivity contribution in [2.24, 2.45) is 0 Å². The fourth-order valence-electron chi connectivity index (χ4n) is 1.03. The summed E-state index contributed by atoms with van der Waals surface area (Å²) in [6.07, 6.45) is -3.71. The second-order valence-corrected chi connectivity index (χ2v) is 3.02. The van der Waals surface area contributed by atoms with Crippen molar-refractivity contribution in [2.75, 3.05) is 0 Å². The number of carboxylic acids is 1. The molecule has 0 heterocycles. The van der Waals surface area contributed by atoms with Gasteiger partial charge in [-0.15, -0.1) is 0 Å². The second kappa shape index (κ2) is 6.10. The number of nitrogens with one attached hydrogen (secondary N) is 1. The Morgan fingerprint density at radius 3 is 2.27 bits per heavy atom. The van der Waals surface area contributed by atoms with Gasteiger partial charge in [0.05, 0.1) is 18.6 Å². The van der Waals surface area contributed by atoms with E-state index in [1.54, 1.807) is 0 Å². The fraction of sp³-hybridized carbons (Fsp3) is 0.625. The molecule has 3 unspecified atom stereocenters. The lowest BCUT2D eigenvalue weighted by atomic mass is 10.0. The number of aldehydes is 1. The van der Waals surface area contributed by atoms with Gasteiger partial charge in [-0.1, -0.05) is 0 Å². The first-order chi connectivity index (χ1) is 6.88. The first-order valence-electron chi connectivity index (χ1n) is 4.18. The van der Waals surface area contributed by atoms with Gasteiger partial charge in [0.15, 0.2) is 6.29 Å². The van der Waals surface area contributed by atoms with Crippen LogP contribution in [0.4, 0.5) is 0 Å². The molecule has 0 aromatic carbocycles. The Balaban J connectivity index is 4.52.